The molecule has 2 atom stereocenters. The number of benzene rings is 2. The van der Waals surface area contributed by atoms with Crippen LogP contribution in [0, 0.1) is 11.6 Å². The van der Waals surface area contributed by atoms with Crippen molar-refractivity contribution >= 4 is 11.4 Å². The molecule has 1 aliphatic rings. The van der Waals surface area contributed by atoms with Gasteiger partial charge in [0.05, 0.1) is 6.04 Å². The van der Waals surface area contributed by atoms with Gasteiger partial charge in [-0.3, -0.25) is 4.79 Å². The summed E-state index contributed by atoms with van der Waals surface area (Å²) in [6.45, 7) is 0.582. The fourth-order valence-electron chi connectivity index (χ4n) is 3.22. The molecule has 1 aliphatic heterocycles. The molecular formula is C20H20F2N2O. The molecule has 0 amide bonds. The van der Waals surface area contributed by atoms with Crippen molar-refractivity contribution in [3.05, 3.63) is 77.4 Å². The van der Waals surface area contributed by atoms with Gasteiger partial charge in [-0.2, -0.15) is 0 Å². The van der Waals surface area contributed by atoms with Crippen LogP contribution in [0.25, 0.3) is 5.57 Å². The van der Waals surface area contributed by atoms with Gasteiger partial charge in [-0.05, 0) is 35.9 Å². The molecule has 0 fully saturated rings. The summed E-state index contributed by atoms with van der Waals surface area (Å²) >= 11 is 0. The van der Waals surface area contributed by atoms with Gasteiger partial charge in [-0.15, -0.1) is 0 Å². The maximum Gasteiger partial charge on any atom is 0.151 e. The summed E-state index contributed by atoms with van der Waals surface area (Å²) in [6, 6.07) is 12.5. The number of halogens is 2. The first-order valence-corrected chi connectivity index (χ1v) is 8.27. The Labute approximate surface area is 145 Å². The van der Waals surface area contributed by atoms with Crippen LogP contribution >= 0.6 is 0 Å². The van der Waals surface area contributed by atoms with E-state index in [4.69, 9.17) is 5.73 Å². The zero-order chi connectivity index (χ0) is 17.8. The van der Waals surface area contributed by atoms with E-state index in [0.29, 0.717) is 12.1 Å². The van der Waals surface area contributed by atoms with Gasteiger partial charge < -0.3 is 11.1 Å². The van der Waals surface area contributed by atoms with Crippen LogP contribution in [0.2, 0.25) is 0 Å². The number of ketones is 1. The van der Waals surface area contributed by atoms with Crippen LogP contribution in [-0.2, 0) is 4.79 Å². The predicted molar refractivity (Wildman–Crippen MR) is 94.0 cm³/mol. The monoisotopic (exact) mass is 342 g/mol. The van der Waals surface area contributed by atoms with Crippen LogP contribution in [0.3, 0.4) is 0 Å². The van der Waals surface area contributed by atoms with E-state index in [1.54, 1.807) is 0 Å². The molecule has 0 saturated carbocycles. The highest BCUT2D eigenvalue weighted by Gasteiger charge is 2.31. The Balaban J connectivity index is 2.02. The highest BCUT2D eigenvalue weighted by molar-refractivity contribution is 5.87. The maximum atomic E-state index is 14.1. The highest BCUT2D eigenvalue weighted by atomic mass is 19.1. The number of nitrogens with one attached hydrogen (secondary N) is 1. The van der Waals surface area contributed by atoms with E-state index >= 15 is 0 Å². The quantitative estimate of drug-likeness (QED) is 0.878. The standard InChI is InChI=1S/C20H20F2N2O/c21-15-6-7-18(22)16(11-15)14-10-17(13-4-2-1-3-5-13)20(24-12-14)19(25)8-9-23/h1-7,10-11,17,20,24H,8-9,12,23H2. The number of carbonyl (C=O) groups excluding carboxylic acids is 1. The molecule has 130 valence electrons. The summed E-state index contributed by atoms with van der Waals surface area (Å²) in [4.78, 5) is 12.4. The number of rotatable bonds is 5. The Bertz CT molecular complexity index is 790. The number of nitrogens with two attached hydrogens (primary N) is 1. The van der Waals surface area contributed by atoms with Gasteiger partial charge in [0.15, 0.2) is 5.78 Å². The van der Waals surface area contributed by atoms with Crippen LogP contribution in [0.4, 0.5) is 8.78 Å². The molecule has 2 aromatic carbocycles. The van der Waals surface area contributed by atoms with Crippen molar-refractivity contribution in [3.8, 4) is 0 Å². The third-order valence-electron chi connectivity index (χ3n) is 4.45. The second-order valence-corrected chi connectivity index (χ2v) is 6.12. The molecule has 0 aromatic heterocycles. The van der Waals surface area contributed by atoms with E-state index in [1.807, 2.05) is 36.4 Å². The Morgan fingerprint density at radius 3 is 2.64 bits per heavy atom. The summed E-state index contributed by atoms with van der Waals surface area (Å²) in [5.74, 6) is -1.21. The third kappa shape index (κ3) is 3.83. The molecule has 0 spiro atoms. The van der Waals surface area contributed by atoms with E-state index in [2.05, 4.69) is 5.32 Å². The van der Waals surface area contributed by atoms with Crippen molar-refractivity contribution in [2.45, 2.75) is 18.4 Å². The zero-order valence-corrected chi connectivity index (χ0v) is 13.7. The van der Waals surface area contributed by atoms with Crippen molar-refractivity contribution in [1.29, 1.82) is 0 Å². The molecule has 2 aromatic rings. The number of hydrogen-bond acceptors (Lipinski definition) is 3. The highest BCUT2D eigenvalue weighted by Crippen LogP contribution is 2.31. The van der Waals surface area contributed by atoms with Crippen LogP contribution in [0.15, 0.2) is 54.6 Å². The lowest BCUT2D eigenvalue weighted by molar-refractivity contribution is -0.121. The number of Topliss-reactive ketones (excluding diaryl/α,β-unsaturated/α-hetero) is 1. The lowest BCUT2D eigenvalue weighted by Crippen LogP contribution is -2.45. The van der Waals surface area contributed by atoms with Crippen LogP contribution in [0.1, 0.15) is 23.5 Å². The van der Waals surface area contributed by atoms with Crippen molar-refractivity contribution in [3.63, 3.8) is 0 Å². The van der Waals surface area contributed by atoms with Crippen molar-refractivity contribution < 1.29 is 13.6 Å². The summed E-state index contributed by atoms with van der Waals surface area (Å²) in [5.41, 5.74) is 7.33. The average Bonchev–Trinajstić information content (AvgIpc) is 2.64. The van der Waals surface area contributed by atoms with Crippen molar-refractivity contribution in [2.24, 2.45) is 5.73 Å². The molecule has 2 unspecified atom stereocenters. The molecule has 3 nitrogen and oxygen atoms in total. The lowest BCUT2D eigenvalue weighted by atomic mass is 9.82. The summed E-state index contributed by atoms with van der Waals surface area (Å²) in [5, 5.41) is 3.19. The Morgan fingerprint density at radius 1 is 1.16 bits per heavy atom. The van der Waals surface area contributed by atoms with Gasteiger partial charge >= 0.3 is 0 Å². The van der Waals surface area contributed by atoms with Crippen LogP contribution in [0.5, 0.6) is 0 Å². The van der Waals surface area contributed by atoms with Gasteiger partial charge in [0.1, 0.15) is 11.6 Å². The van der Waals surface area contributed by atoms with E-state index < -0.39 is 17.7 Å². The van der Waals surface area contributed by atoms with Crippen LogP contribution in [-0.4, -0.2) is 24.9 Å². The third-order valence-corrected chi connectivity index (χ3v) is 4.45. The van der Waals surface area contributed by atoms with E-state index in [-0.39, 0.29) is 30.2 Å². The molecule has 0 radical (unpaired) electrons. The van der Waals surface area contributed by atoms with Crippen molar-refractivity contribution in [1.82, 2.24) is 5.32 Å². The van der Waals surface area contributed by atoms with Gasteiger partial charge in [0.2, 0.25) is 0 Å². The topological polar surface area (TPSA) is 55.1 Å². The Kier molecular flexibility index (Phi) is 5.36. The Hall–Kier alpha value is -2.37. The van der Waals surface area contributed by atoms with Gasteiger partial charge in [0, 0.05) is 24.4 Å². The zero-order valence-electron chi connectivity index (χ0n) is 13.7. The maximum absolute atomic E-state index is 14.1. The molecule has 25 heavy (non-hydrogen) atoms. The minimum atomic E-state index is -0.491. The molecule has 0 bridgehead atoms. The van der Waals surface area contributed by atoms with Crippen LogP contribution < -0.4 is 11.1 Å². The van der Waals surface area contributed by atoms with Crippen molar-refractivity contribution in [2.75, 3.05) is 13.1 Å². The molecule has 3 rings (SSSR count). The predicted octanol–water partition coefficient (Wildman–Crippen LogP) is 3.02. The minimum Gasteiger partial charge on any atom is -0.330 e. The number of carbonyl (C=O) groups is 1. The first-order chi connectivity index (χ1) is 12.1. The Morgan fingerprint density at radius 2 is 1.92 bits per heavy atom. The van der Waals surface area contributed by atoms with Gasteiger partial charge in [0.25, 0.3) is 0 Å². The molecule has 5 heteroatoms. The first-order valence-electron chi connectivity index (χ1n) is 8.27. The molecular weight excluding hydrogens is 322 g/mol. The number of hydrogen-bond donors (Lipinski definition) is 2. The average molecular weight is 342 g/mol. The van der Waals surface area contributed by atoms with E-state index in [9.17, 15) is 13.6 Å². The lowest BCUT2D eigenvalue weighted by Gasteiger charge is -2.31. The second kappa shape index (κ2) is 7.68. The van der Waals surface area contributed by atoms with E-state index in [0.717, 1.165) is 17.7 Å². The largest absolute Gasteiger partial charge is 0.330 e. The second-order valence-electron chi connectivity index (χ2n) is 6.12. The first kappa shape index (κ1) is 17.5. The van der Waals surface area contributed by atoms with Gasteiger partial charge in [-0.1, -0.05) is 36.4 Å². The normalized spacial score (nSPS) is 20.2. The fourth-order valence-corrected chi connectivity index (χ4v) is 3.22. The summed E-state index contributed by atoms with van der Waals surface area (Å²) in [7, 11) is 0. The summed E-state index contributed by atoms with van der Waals surface area (Å²) in [6.07, 6.45) is 2.14. The molecule has 0 saturated heterocycles. The SMILES string of the molecule is NCCC(=O)C1NCC(c2cc(F)ccc2F)=CC1c1ccccc1. The van der Waals surface area contributed by atoms with E-state index in [1.165, 1.54) is 6.07 Å². The fraction of sp³-hybridized carbons (Fsp3) is 0.250. The summed E-state index contributed by atoms with van der Waals surface area (Å²) < 4.78 is 27.7. The minimum absolute atomic E-state index is 0.0198. The molecule has 0 aliphatic carbocycles. The smallest absolute Gasteiger partial charge is 0.151 e. The van der Waals surface area contributed by atoms with Gasteiger partial charge in [-0.25, -0.2) is 8.78 Å². The molecule has 1 heterocycles. The molecule has 3 N–H and O–H groups in total.